The van der Waals surface area contributed by atoms with Gasteiger partial charge >= 0.3 is 12.6 Å². The molecule has 0 saturated heterocycles. The first kappa shape index (κ1) is 12.2. The van der Waals surface area contributed by atoms with Gasteiger partial charge in [-0.15, -0.1) is 0 Å². The molecule has 0 amide bonds. The number of rotatable bonds is 0. The Kier molecular flexibility index (Phi) is 4.37. The molecule has 0 aromatic rings. The second kappa shape index (κ2) is 3.59. The zero-order valence-corrected chi connectivity index (χ0v) is 4.05. The molecule has 0 unspecified atom stereocenters. The SMILES string of the molecule is F[B-](F)(F)F.F[N+](F)(F)F. The number of halogens is 8. The lowest BCUT2D eigenvalue weighted by Gasteiger charge is -1.94. The van der Waals surface area contributed by atoms with Gasteiger partial charge in [0.2, 0.25) is 0 Å². The van der Waals surface area contributed by atoms with Crippen LogP contribution in [0.2, 0.25) is 0 Å². The van der Waals surface area contributed by atoms with Crippen LogP contribution in [0.1, 0.15) is 0 Å². The average molecular weight is 177 g/mol. The van der Waals surface area contributed by atoms with E-state index in [1.54, 1.807) is 0 Å². The Hall–Kier alpha value is -0.535. The largest absolute Gasteiger partial charge is 0.673 e. The fourth-order valence-corrected chi connectivity index (χ4v) is 0. The highest BCUT2D eigenvalue weighted by atomic mass is 19.7. The third-order valence-corrected chi connectivity index (χ3v) is 0. The maximum atomic E-state index is 9.75. The molecule has 0 spiro atoms. The normalized spacial score (nSPS) is 12.0. The summed E-state index contributed by atoms with van der Waals surface area (Å²) in [5.41, 5.74) is 0. The molecule has 0 radical (unpaired) electrons. The number of hydrogen-bond acceptors (Lipinski definition) is 0. The maximum Gasteiger partial charge on any atom is 0.673 e. The van der Waals surface area contributed by atoms with Crippen molar-refractivity contribution in [1.82, 2.24) is 0 Å². The molecule has 10 heavy (non-hydrogen) atoms. The molecule has 0 aliphatic carbocycles. The van der Waals surface area contributed by atoms with Crippen molar-refractivity contribution in [2.45, 2.75) is 0 Å². The van der Waals surface area contributed by atoms with Crippen LogP contribution in [0.5, 0.6) is 0 Å². The summed E-state index contributed by atoms with van der Waals surface area (Å²) >= 11 is 0. The summed E-state index contributed by atoms with van der Waals surface area (Å²) in [4.78, 5) is 0. The third-order valence-electron chi connectivity index (χ3n) is 0. The van der Waals surface area contributed by atoms with E-state index in [4.69, 9.17) is 0 Å². The van der Waals surface area contributed by atoms with Crippen molar-refractivity contribution >= 4 is 7.25 Å². The minimum Gasteiger partial charge on any atom is -0.418 e. The van der Waals surface area contributed by atoms with Crippen molar-refractivity contribution in [2.24, 2.45) is 0 Å². The molecule has 0 aliphatic rings. The summed E-state index contributed by atoms with van der Waals surface area (Å²) in [6, 6.07) is 0. The summed E-state index contributed by atoms with van der Waals surface area (Å²) in [6.07, 6.45) is 0. The third kappa shape index (κ3) is 1090. The Morgan fingerprint density at radius 1 is 0.700 bits per heavy atom. The van der Waals surface area contributed by atoms with Gasteiger partial charge in [0.15, 0.2) is 0 Å². The minimum atomic E-state index is -6.00. The van der Waals surface area contributed by atoms with Crippen LogP contribution in [0.25, 0.3) is 0 Å². The first-order chi connectivity index (χ1) is 4.00. The fourth-order valence-electron chi connectivity index (χ4n) is 0. The summed E-state index contributed by atoms with van der Waals surface area (Å²) in [5.74, 6) is 0. The highest BCUT2D eigenvalue weighted by Crippen LogP contribution is 2.08. The van der Waals surface area contributed by atoms with Crippen LogP contribution in [0.15, 0.2) is 0 Å². The monoisotopic (exact) mass is 177 g/mol. The van der Waals surface area contributed by atoms with E-state index in [-0.39, 0.29) is 0 Å². The lowest BCUT2D eigenvalue weighted by molar-refractivity contribution is -1.36. The average Bonchev–Trinajstić information content (AvgIpc) is 1.12. The van der Waals surface area contributed by atoms with E-state index < -0.39 is 12.6 Å². The lowest BCUT2D eigenvalue weighted by atomic mass is 10.3. The molecular weight excluding hydrogens is 177 g/mol. The number of hydrogen-bond donors (Lipinski definition) is 0. The Morgan fingerprint density at radius 2 is 0.700 bits per heavy atom. The zero-order chi connectivity index (χ0) is 9.00. The van der Waals surface area contributed by atoms with E-state index >= 15 is 0 Å². The smallest absolute Gasteiger partial charge is 0.418 e. The highest BCUT2D eigenvalue weighted by molar-refractivity contribution is 6.50. The molecule has 0 aromatic carbocycles. The van der Waals surface area contributed by atoms with Gasteiger partial charge in [-0.3, -0.25) is 0 Å². The van der Waals surface area contributed by atoms with Gasteiger partial charge in [-0.2, -0.15) is 0 Å². The van der Waals surface area contributed by atoms with Gasteiger partial charge in [-0.1, -0.05) is 0 Å². The molecule has 0 fully saturated rings. The second-order valence-corrected chi connectivity index (χ2v) is 0.878. The lowest BCUT2D eigenvalue weighted by Crippen LogP contribution is -2.02. The zero-order valence-electron chi connectivity index (χ0n) is 4.05. The van der Waals surface area contributed by atoms with E-state index in [1.807, 2.05) is 0 Å². The molecule has 0 rings (SSSR count). The van der Waals surface area contributed by atoms with Crippen molar-refractivity contribution in [1.29, 1.82) is 0 Å². The van der Waals surface area contributed by atoms with Crippen LogP contribution in [0.3, 0.4) is 0 Å². The predicted molar refractivity (Wildman–Crippen MR) is 14.9 cm³/mol. The first-order valence-electron chi connectivity index (χ1n) is 1.55. The van der Waals surface area contributed by atoms with Gasteiger partial charge < -0.3 is 17.3 Å². The molecule has 0 heterocycles. The fraction of sp³-hybridized carbons (Fsp3) is 0. The summed E-state index contributed by atoms with van der Waals surface area (Å²) in [5, 5.41) is -5.00. The van der Waals surface area contributed by atoms with Gasteiger partial charge in [0, 0.05) is 0 Å². The molecule has 10 heteroatoms. The Bertz CT molecular complexity index is 52.2. The Balaban J connectivity index is 0. The maximum absolute atomic E-state index is 9.75. The van der Waals surface area contributed by atoms with Crippen LogP contribution in [-0.2, 0) is 0 Å². The van der Waals surface area contributed by atoms with Gasteiger partial charge in [-0.25, -0.2) is 0 Å². The van der Waals surface area contributed by atoms with Crippen LogP contribution >= 0.6 is 0 Å². The minimum absolute atomic E-state index is 5.00. The van der Waals surface area contributed by atoms with Crippen LogP contribution in [0.4, 0.5) is 35.2 Å². The van der Waals surface area contributed by atoms with Gasteiger partial charge in [0.05, 0.1) is 0 Å². The molecule has 0 atom stereocenters. The summed E-state index contributed by atoms with van der Waals surface area (Å²) in [6.45, 7) is 0. The quantitative estimate of drug-likeness (QED) is 0.303. The van der Waals surface area contributed by atoms with E-state index in [1.165, 1.54) is 0 Å². The van der Waals surface area contributed by atoms with E-state index in [0.717, 1.165) is 0 Å². The standard InChI is InChI=1S/BF4.F4N/c2-1(3,4)5;1-5(2,3)4/q-1;+1. The molecule has 0 aromatic heterocycles. The first-order valence-corrected chi connectivity index (χ1v) is 1.55. The number of quaternary nitrogens is 1. The topological polar surface area (TPSA) is 0 Å². The van der Waals surface area contributed by atoms with Crippen molar-refractivity contribution in [3.63, 3.8) is 0 Å². The van der Waals surface area contributed by atoms with Gasteiger partial charge in [0.25, 0.3) is 0 Å². The molecule has 1 nitrogen and oxygen atoms in total. The van der Waals surface area contributed by atoms with Crippen LogP contribution in [-0.4, -0.2) is 12.6 Å². The van der Waals surface area contributed by atoms with E-state index in [2.05, 4.69) is 0 Å². The van der Waals surface area contributed by atoms with Crippen LogP contribution < -0.4 is 0 Å². The summed E-state index contributed by atoms with van der Waals surface area (Å²) < 4.78 is 77.5. The van der Waals surface area contributed by atoms with Crippen molar-refractivity contribution < 1.29 is 40.6 Å². The molecule has 64 valence electrons. The van der Waals surface area contributed by atoms with Crippen LogP contribution in [0, 0.1) is 0 Å². The molecule has 0 bridgehead atoms. The molecular formula is BF8N. The van der Waals surface area contributed by atoms with Crippen molar-refractivity contribution in [3.8, 4) is 0 Å². The Morgan fingerprint density at radius 3 is 0.700 bits per heavy atom. The van der Waals surface area contributed by atoms with E-state index in [0.29, 0.717) is 0 Å². The highest BCUT2D eigenvalue weighted by Gasteiger charge is 2.30. The van der Waals surface area contributed by atoms with Crippen molar-refractivity contribution in [3.05, 3.63) is 0 Å². The predicted octanol–water partition coefficient (Wildman–Crippen LogP) is 2.64. The Labute approximate surface area is 49.3 Å². The number of nitrogens with zero attached hydrogens (tertiary/aromatic N) is 1. The summed E-state index contributed by atoms with van der Waals surface area (Å²) in [7, 11) is -6.00. The van der Waals surface area contributed by atoms with Gasteiger partial charge in [0.1, 0.15) is 17.9 Å². The molecule has 0 saturated carbocycles. The second-order valence-electron chi connectivity index (χ2n) is 0.878. The van der Waals surface area contributed by atoms with Crippen molar-refractivity contribution in [2.75, 3.05) is 0 Å². The van der Waals surface area contributed by atoms with Gasteiger partial charge in [-0.05, 0) is 0 Å². The molecule has 0 aliphatic heterocycles. The van der Waals surface area contributed by atoms with E-state index in [9.17, 15) is 35.2 Å². The molecule has 0 N–H and O–H groups in total.